The topological polar surface area (TPSA) is 108 Å². The predicted octanol–water partition coefficient (Wildman–Crippen LogP) is 6.94. The first-order chi connectivity index (χ1) is 20.4. The Morgan fingerprint density at radius 1 is 1.12 bits per heavy atom. The zero-order valence-corrected chi connectivity index (χ0v) is 22.4. The molecule has 2 aromatic carbocycles. The van der Waals surface area contributed by atoms with Crippen molar-refractivity contribution in [2.75, 3.05) is 5.32 Å². The van der Waals surface area contributed by atoms with E-state index in [0.717, 1.165) is 0 Å². The summed E-state index contributed by atoms with van der Waals surface area (Å²) >= 11 is 0. The molecule has 6 rings (SSSR count). The monoisotopic (exact) mass is 602 g/mol. The SMILES string of the molecule is C[C@H](Oc1cncc(-n2nc(C(F)(F)F)c3c2C(Nc2ccc(C(=O)O)cc2)CCC3)c1)c1ccc2c(c1)OC(F)(F)O2. The molecule has 0 fully saturated rings. The third-order valence-electron chi connectivity index (χ3n) is 7.17. The number of carboxylic acids is 1. The van der Waals surface area contributed by atoms with Gasteiger partial charge in [-0.25, -0.2) is 9.48 Å². The Morgan fingerprint density at radius 2 is 1.86 bits per heavy atom. The number of carbonyl (C=O) groups is 1. The Bertz CT molecular complexity index is 1690. The molecule has 2 aliphatic rings. The standard InChI is InChI=1S/C29H23F5N4O5/c1-15(17-7-10-23-24(11-17)43-29(33,34)42-23)41-20-12-19(13-35-14-20)38-25-21(26(37-38)28(30,31)32)3-2-4-22(25)36-18-8-5-16(6-9-18)27(39)40/h5-15,22,36H,2-4H2,1H3,(H,39,40)/t15-,22?/m0/s1. The number of rotatable bonds is 7. The number of benzene rings is 2. The highest BCUT2D eigenvalue weighted by Crippen LogP contribution is 2.43. The highest BCUT2D eigenvalue weighted by atomic mass is 19.4. The first kappa shape index (κ1) is 28.2. The van der Waals surface area contributed by atoms with Crippen LogP contribution < -0.4 is 19.5 Å². The molecule has 1 aliphatic heterocycles. The number of aromatic carboxylic acids is 1. The Kier molecular flexibility index (Phi) is 6.86. The third-order valence-corrected chi connectivity index (χ3v) is 7.17. The summed E-state index contributed by atoms with van der Waals surface area (Å²) in [6, 6.07) is 11.1. The fraction of sp³-hybridized carbons (Fsp3) is 0.276. The molecule has 0 saturated heterocycles. The number of hydrogen-bond acceptors (Lipinski definition) is 7. The van der Waals surface area contributed by atoms with Crippen LogP contribution in [0.4, 0.5) is 27.6 Å². The van der Waals surface area contributed by atoms with Crippen LogP contribution in [0, 0.1) is 0 Å². The van der Waals surface area contributed by atoms with Crippen LogP contribution in [0.1, 0.15) is 64.8 Å². The lowest BCUT2D eigenvalue weighted by molar-refractivity contribution is -0.286. The van der Waals surface area contributed by atoms with Crippen molar-refractivity contribution in [3.8, 4) is 22.9 Å². The molecule has 4 aromatic rings. The van der Waals surface area contributed by atoms with E-state index in [4.69, 9.17) is 4.74 Å². The average molecular weight is 603 g/mol. The van der Waals surface area contributed by atoms with Gasteiger partial charge in [-0.05, 0) is 68.1 Å². The van der Waals surface area contributed by atoms with Crippen molar-refractivity contribution in [2.24, 2.45) is 0 Å². The van der Waals surface area contributed by atoms with E-state index >= 15 is 0 Å². The zero-order valence-electron chi connectivity index (χ0n) is 22.4. The zero-order chi connectivity index (χ0) is 30.5. The van der Waals surface area contributed by atoms with Crippen molar-refractivity contribution >= 4 is 11.7 Å². The third kappa shape index (κ3) is 5.64. The van der Waals surface area contributed by atoms with E-state index in [-0.39, 0.29) is 40.5 Å². The Balaban J connectivity index is 1.31. The van der Waals surface area contributed by atoms with Crippen molar-refractivity contribution in [3.63, 3.8) is 0 Å². The number of alkyl halides is 5. The van der Waals surface area contributed by atoms with Gasteiger partial charge in [0, 0.05) is 17.3 Å². The molecule has 0 bridgehead atoms. The highest BCUT2D eigenvalue weighted by molar-refractivity contribution is 5.88. The Morgan fingerprint density at radius 3 is 2.58 bits per heavy atom. The number of pyridine rings is 1. The van der Waals surface area contributed by atoms with Crippen LogP contribution in [0.5, 0.6) is 17.2 Å². The van der Waals surface area contributed by atoms with Crippen molar-refractivity contribution in [2.45, 2.75) is 50.8 Å². The van der Waals surface area contributed by atoms with Crippen molar-refractivity contribution in [1.82, 2.24) is 14.8 Å². The highest BCUT2D eigenvalue weighted by Gasteiger charge is 2.44. The van der Waals surface area contributed by atoms with Gasteiger partial charge in [-0.3, -0.25) is 4.98 Å². The normalized spacial score (nSPS) is 17.7. The maximum atomic E-state index is 14.1. The molecule has 2 N–H and O–H groups in total. The number of fused-ring (bicyclic) bond motifs is 2. The van der Waals surface area contributed by atoms with Crippen LogP contribution in [-0.2, 0) is 12.6 Å². The number of carboxylic acid groups (broad SMARTS) is 1. The second-order valence-electron chi connectivity index (χ2n) is 10.1. The molecular weight excluding hydrogens is 579 g/mol. The number of aromatic nitrogens is 3. The summed E-state index contributed by atoms with van der Waals surface area (Å²) in [6.07, 6.45) is -5.26. The molecular formula is C29H23F5N4O5. The maximum Gasteiger partial charge on any atom is 0.586 e. The van der Waals surface area contributed by atoms with Gasteiger partial charge in [0.25, 0.3) is 0 Å². The molecule has 43 heavy (non-hydrogen) atoms. The molecule has 2 atom stereocenters. The summed E-state index contributed by atoms with van der Waals surface area (Å²) in [5.74, 6) is -1.16. The molecule has 14 heteroatoms. The minimum absolute atomic E-state index is 0.0651. The van der Waals surface area contributed by atoms with Gasteiger partial charge in [-0.1, -0.05) is 6.07 Å². The maximum absolute atomic E-state index is 14.1. The first-order valence-electron chi connectivity index (χ1n) is 13.2. The van der Waals surface area contributed by atoms with E-state index < -0.39 is 36.3 Å². The summed E-state index contributed by atoms with van der Waals surface area (Å²) in [6.45, 7) is 1.66. The Hall–Kier alpha value is -4.88. The van der Waals surface area contributed by atoms with Crippen molar-refractivity contribution < 1.29 is 46.1 Å². The van der Waals surface area contributed by atoms with Gasteiger partial charge >= 0.3 is 18.4 Å². The first-order valence-corrected chi connectivity index (χ1v) is 13.2. The molecule has 0 saturated carbocycles. The van der Waals surface area contributed by atoms with Gasteiger partial charge in [0.1, 0.15) is 11.9 Å². The second kappa shape index (κ2) is 10.4. The van der Waals surface area contributed by atoms with Gasteiger partial charge in [-0.2, -0.15) is 18.3 Å². The molecule has 224 valence electrons. The van der Waals surface area contributed by atoms with Gasteiger partial charge in [0.05, 0.1) is 35.4 Å². The number of anilines is 1. The summed E-state index contributed by atoms with van der Waals surface area (Å²) in [4.78, 5) is 15.4. The lowest BCUT2D eigenvalue weighted by atomic mass is 9.91. The van der Waals surface area contributed by atoms with E-state index in [2.05, 4.69) is 24.9 Å². The number of nitrogens with one attached hydrogen (secondary N) is 1. The minimum Gasteiger partial charge on any atom is -0.484 e. The number of halogens is 5. The van der Waals surface area contributed by atoms with E-state index in [9.17, 15) is 31.9 Å². The fourth-order valence-corrected chi connectivity index (χ4v) is 5.24. The van der Waals surface area contributed by atoms with E-state index in [0.29, 0.717) is 29.8 Å². The van der Waals surface area contributed by atoms with Crippen molar-refractivity contribution in [3.05, 3.63) is 89.0 Å². The van der Waals surface area contributed by atoms with E-state index in [1.54, 1.807) is 19.1 Å². The largest absolute Gasteiger partial charge is 0.586 e. The van der Waals surface area contributed by atoms with Crippen LogP contribution in [-0.4, -0.2) is 32.1 Å². The molecule has 2 aromatic heterocycles. The van der Waals surface area contributed by atoms with E-state index in [1.807, 2.05) is 0 Å². The number of nitrogens with zero attached hydrogens (tertiary/aromatic N) is 3. The van der Waals surface area contributed by atoms with Crippen LogP contribution in [0.15, 0.2) is 60.9 Å². The molecule has 1 aliphatic carbocycles. The summed E-state index contributed by atoms with van der Waals surface area (Å²) < 4.78 is 85.3. The summed E-state index contributed by atoms with van der Waals surface area (Å²) in [7, 11) is 0. The minimum atomic E-state index is -4.70. The molecule has 0 amide bonds. The molecule has 0 radical (unpaired) electrons. The molecule has 1 unspecified atom stereocenters. The lowest BCUT2D eigenvalue weighted by Gasteiger charge is -2.26. The van der Waals surface area contributed by atoms with Gasteiger partial charge in [0.2, 0.25) is 0 Å². The van der Waals surface area contributed by atoms with Gasteiger partial charge in [0.15, 0.2) is 17.2 Å². The lowest BCUT2D eigenvalue weighted by Crippen LogP contribution is -2.25. The van der Waals surface area contributed by atoms with Gasteiger partial charge < -0.3 is 24.6 Å². The molecule has 3 heterocycles. The van der Waals surface area contributed by atoms with Gasteiger partial charge in [-0.15, -0.1) is 8.78 Å². The smallest absolute Gasteiger partial charge is 0.484 e. The predicted molar refractivity (Wildman–Crippen MR) is 141 cm³/mol. The van der Waals surface area contributed by atoms with Crippen LogP contribution in [0.2, 0.25) is 0 Å². The fourth-order valence-electron chi connectivity index (χ4n) is 5.24. The van der Waals surface area contributed by atoms with Crippen LogP contribution in [0.25, 0.3) is 5.69 Å². The number of ether oxygens (including phenoxy) is 3. The molecule has 0 spiro atoms. The number of hydrogen-bond donors (Lipinski definition) is 2. The van der Waals surface area contributed by atoms with E-state index in [1.165, 1.54) is 53.5 Å². The second-order valence-corrected chi connectivity index (χ2v) is 10.1. The quantitative estimate of drug-likeness (QED) is 0.219. The van der Waals surface area contributed by atoms with Crippen LogP contribution in [0.3, 0.4) is 0 Å². The average Bonchev–Trinajstić information content (AvgIpc) is 3.50. The summed E-state index contributed by atoms with van der Waals surface area (Å²) in [5.41, 5.74) is 0.702. The van der Waals surface area contributed by atoms with Crippen LogP contribution >= 0.6 is 0 Å². The van der Waals surface area contributed by atoms with Crippen molar-refractivity contribution in [1.29, 1.82) is 0 Å². The molecule has 9 nitrogen and oxygen atoms in total. The summed E-state index contributed by atoms with van der Waals surface area (Å²) in [5, 5.41) is 16.4. The Labute approximate surface area is 240 Å².